The minimum absolute atomic E-state index is 0.0688. The van der Waals surface area contributed by atoms with Crippen molar-refractivity contribution < 1.29 is 9.53 Å². The lowest BCUT2D eigenvalue weighted by Crippen LogP contribution is -2.23. The molecule has 0 atom stereocenters. The molecule has 2 aromatic heterocycles. The molecule has 0 aliphatic heterocycles. The highest BCUT2D eigenvalue weighted by Crippen LogP contribution is 2.35. The first kappa shape index (κ1) is 25.5. The zero-order chi connectivity index (χ0) is 25.9. The number of rotatable bonds is 8. The van der Waals surface area contributed by atoms with Gasteiger partial charge in [0.1, 0.15) is 10.6 Å². The SMILES string of the molecule is CCOc1ccc(-n2c(SCC(=O)Nc3ccc(C(C)C)cc3)nc3sc4c(c3c2=O)CCCC4)cc1. The fourth-order valence-corrected chi connectivity index (χ4v) is 6.76. The van der Waals surface area contributed by atoms with E-state index in [0.29, 0.717) is 23.4 Å². The monoisotopic (exact) mass is 533 g/mol. The highest BCUT2D eigenvalue weighted by Gasteiger charge is 2.23. The summed E-state index contributed by atoms with van der Waals surface area (Å²) in [6, 6.07) is 15.4. The minimum atomic E-state index is -0.139. The van der Waals surface area contributed by atoms with Crippen molar-refractivity contribution in [2.45, 2.75) is 57.5 Å². The molecule has 0 saturated heterocycles. The number of carbonyl (C=O) groups excluding carboxylic acids is 1. The molecule has 0 fully saturated rings. The zero-order valence-electron chi connectivity index (χ0n) is 21.4. The Kier molecular flexibility index (Phi) is 7.67. The second-order valence-corrected chi connectivity index (χ2v) is 11.5. The molecule has 0 bridgehead atoms. The molecule has 1 amide bonds. The topological polar surface area (TPSA) is 73.2 Å². The average molecular weight is 534 g/mol. The molecular formula is C29H31N3O3S2. The van der Waals surface area contributed by atoms with Crippen molar-refractivity contribution in [1.82, 2.24) is 9.55 Å². The lowest BCUT2D eigenvalue weighted by molar-refractivity contribution is -0.113. The standard InChI is InChI=1S/C29H31N3O3S2/c1-4-35-22-15-13-21(14-16-22)32-28(34)26-23-7-5-6-8-24(23)37-27(26)31-29(32)36-17-25(33)30-20-11-9-19(10-12-20)18(2)3/h9-16,18H,4-8,17H2,1-3H3,(H,30,33). The van der Waals surface area contributed by atoms with Crippen LogP contribution in [0.3, 0.4) is 0 Å². The molecule has 0 unspecified atom stereocenters. The Bertz CT molecular complexity index is 1470. The van der Waals surface area contributed by atoms with E-state index in [2.05, 4.69) is 19.2 Å². The first-order valence-corrected chi connectivity index (χ1v) is 14.6. The summed E-state index contributed by atoms with van der Waals surface area (Å²) in [6.45, 7) is 6.79. The van der Waals surface area contributed by atoms with E-state index in [9.17, 15) is 9.59 Å². The molecule has 2 heterocycles. The predicted octanol–water partition coefficient (Wildman–Crippen LogP) is 6.58. The van der Waals surface area contributed by atoms with Crippen molar-refractivity contribution in [1.29, 1.82) is 0 Å². The van der Waals surface area contributed by atoms with Gasteiger partial charge < -0.3 is 10.1 Å². The van der Waals surface area contributed by atoms with Crippen molar-refractivity contribution in [3.63, 3.8) is 0 Å². The van der Waals surface area contributed by atoms with Gasteiger partial charge in [-0.15, -0.1) is 11.3 Å². The van der Waals surface area contributed by atoms with Gasteiger partial charge >= 0.3 is 0 Å². The van der Waals surface area contributed by atoms with Gasteiger partial charge in [-0.05, 0) is 86.1 Å². The predicted molar refractivity (Wildman–Crippen MR) is 153 cm³/mol. The Labute approximate surface area is 225 Å². The van der Waals surface area contributed by atoms with Gasteiger partial charge in [0.15, 0.2) is 5.16 Å². The number of hydrogen-bond donors (Lipinski definition) is 1. The van der Waals surface area contributed by atoms with Crippen LogP contribution in [-0.2, 0) is 17.6 Å². The molecule has 0 spiro atoms. The summed E-state index contributed by atoms with van der Waals surface area (Å²) < 4.78 is 7.23. The summed E-state index contributed by atoms with van der Waals surface area (Å²) in [7, 11) is 0. The normalized spacial score (nSPS) is 13.1. The summed E-state index contributed by atoms with van der Waals surface area (Å²) in [4.78, 5) is 33.7. The zero-order valence-corrected chi connectivity index (χ0v) is 23.0. The van der Waals surface area contributed by atoms with Crippen LogP contribution in [0.5, 0.6) is 5.75 Å². The fourth-order valence-electron chi connectivity index (χ4n) is 4.65. The number of ether oxygens (including phenoxy) is 1. The van der Waals surface area contributed by atoms with Crippen LogP contribution >= 0.6 is 23.1 Å². The average Bonchev–Trinajstić information content (AvgIpc) is 3.27. The number of aromatic nitrogens is 2. The fraction of sp³-hybridized carbons (Fsp3) is 0.345. The Balaban J connectivity index is 1.46. The molecule has 0 saturated carbocycles. The molecule has 192 valence electrons. The molecule has 1 aliphatic carbocycles. The van der Waals surface area contributed by atoms with Crippen LogP contribution in [-0.4, -0.2) is 27.8 Å². The first-order chi connectivity index (χ1) is 17.9. The summed E-state index contributed by atoms with van der Waals surface area (Å²) in [5.74, 6) is 1.19. The molecule has 6 nitrogen and oxygen atoms in total. The van der Waals surface area contributed by atoms with Crippen molar-refractivity contribution in [2.24, 2.45) is 0 Å². The Morgan fingerprint density at radius 1 is 1.11 bits per heavy atom. The van der Waals surface area contributed by atoms with E-state index in [-0.39, 0.29) is 17.2 Å². The van der Waals surface area contributed by atoms with Crippen molar-refractivity contribution in [2.75, 3.05) is 17.7 Å². The number of anilines is 1. The highest BCUT2D eigenvalue weighted by molar-refractivity contribution is 7.99. The summed E-state index contributed by atoms with van der Waals surface area (Å²) in [5.41, 5.74) is 3.78. The van der Waals surface area contributed by atoms with Gasteiger partial charge in [-0.3, -0.25) is 14.2 Å². The third-order valence-corrected chi connectivity index (χ3v) is 8.68. The number of fused-ring (bicyclic) bond motifs is 3. The van der Waals surface area contributed by atoms with E-state index >= 15 is 0 Å². The van der Waals surface area contributed by atoms with Crippen LogP contribution in [0.2, 0.25) is 0 Å². The van der Waals surface area contributed by atoms with Gasteiger partial charge in [-0.25, -0.2) is 4.98 Å². The largest absolute Gasteiger partial charge is 0.494 e. The maximum atomic E-state index is 13.9. The van der Waals surface area contributed by atoms with Crippen LogP contribution in [0.1, 0.15) is 55.5 Å². The molecule has 2 aromatic carbocycles. The van der Waals surface area contributed by atoms with Crippen LogP contribution in [0.25, 0.3) is 15.9 Å². The number of thiophene rings is 1. The van der Waals surface area contributed by atoms with E-state index in [4.69, 9.17) is 9.72 Å². The second-order valence-electron chi connectivity index (χ2n) is 9.47. The quantitative estimate of drug-likeness (QED) is 0.205. The van der Waals surface area contributed by atoms with E-state index in [1.165, 1.54) is 22.2 Å². The molecule has 0 radical (unpaired) electrons. The van der Waals surface area contributed by atoms with Crippen LogP contribution in [0.15, 0.2) is 58.5 Å². The van der Waals surface area contributed by atoms with Crippen LogP contribution < -0.4 is 15.6 Å². The first-order valence-electron chi connectivity index (χ1n) is 12.8. The summed E-state index contributed by atoms with van der Waals surface area (Å²) >= 11 is 2.91. The van der Waals surface area contributed by atoms with Gasteiger partial charge in [0.2, 0.25) is 5.91 Å². The van der Waals surface area contributed by atoms with Gasteiger partial charge in [0.05, 0.1) is 23.4 Å². The van der Waals surface area contributed by atoms with E-state index in [1.807, 2.05) is 55.5 Å². The van der Waals surface area contributed by atoms with Crippen LogP contribution in [0.4, 0.5) is 5.69 Å². The smallest absolute Gasteiger partial charge is 0.267 e. The van der Waals surface area contributed by atoms with Gasteiger partial charge in [0, 0.05) is 10.6 Å². The third-order valence-electron chi connectivity index (χ3n) is 6.56. The minimum Gasteiger partial charge on any atom is -0.494 e. The van der Waals surface area contributed by atoms with Gasteiger partial charge in [-0.2, -0.15) is 0 Å². The number of hydrogen-bond acceptors (Lipinski definition) is 6. The Hall–Kier alpha value is -3.10. The maximum absolute atomic E-state index is 13.9. The van der Waals surface area contributed by atoms with E-state index < -0.39 is 0 Å². The lowest BCUT2D eigenvalue weighted by Gasteiger charge is -2.14. The summed E-state index contributed by atoms with van der Waals surface area (Å²) in [6.07, 6.45) is 4.16. The van der Waals surface area contributed by atoms with E-state index in [0.717, 1.165) is 52.9 Å². The number of nitrogens with one attached hydrogen (secondary N) is 1. The van der Waals surface area contributed by atoms with Crippen LogP contribution in [0, 0.1) is 0 Å². The highest BCUT2D eigenvalue weighted by atomic mass is 32.2. The molecular weight excluding hydrogens is 502 g/mol. The molecule has 4 aromatic rings. The summed E-state index contributed by atoms with van der Waals surface area (Å²) in [5, 5.41) is 4.21. The number of thioether (sulfide) groups is 1. The number of amides is 1. The molecule has 5 rings (SSSR count). The maximum Gasteiger partial charge on any atom is 0.267 e. The number of aryl methyl sites for hydroxylation is 2. The third kappa shape index (κ3) is 5.45. The lowest BCUT2D eigenvalue weighted by atomic mass is 9.97. The second kappa shape index (κ2) is 11.1. The van der Waals surface area contributed by atoms with Crippen molar-refractivity contribution in [3.05, 3.63) is 74.9 Å². The number of carbonyl (C=O) groups is 1. The van der Waals surface area contributed by atoms with E-state index in [1.54, 1.807) is 15.9 Å². The van der Waals surface area contributed by atoms with Crippen molar-refractivity contribution >= 4 is 44.9 Å². The molecule has 8 heteroatoms. The Morgan fingerprint density at radius 3 is 2.54 bits per heavy atom. The van der Waals surface area contributed by atoms with Crippen molar-refractivity contribution in [3.8, 4) is 11.4 Å². The molecule has 1 N–H and O–H groups in total. The number of nitrogens with zero attached hydrogens (tertiary/aromatic N) is 2. The van der Waals surface area contributed by atoms with Gasteiger partial charge in [0.25, 0.3) is 5.56 Å². The van der Waals surface area contributed by atoms with Gasteiger partial charge in [-0.1, -0.05) is 37.7 Å². The molecule has 1 aliphatic rings. The molecule has 37 heavy (non-hydrogen) atoms. The Morgan fingerprint density at radius 2 is 1.84 bits per heavy atom. The number of benzene rings is 2.